The number of aromatic nitrogens is 3. The van der Waals surface area contributed by atoms with Gasteiger partial charge in [0.25, 0.3) is 10.0 Å². The zero-order chi connectivity index (χ0) is 14.0. The number of nitrogens with two attached hydrogens (primary N) is 1. The summed E-state index contributed by atoms with van der Waals surface area (Å²) in [4.78, 5) is 3.23. The molecule has 0 atom stereocenters. The molecule has 0 saturated carbocycles. The van der Waals surface area contributed by atoms with Crippen molar-refractivity contribution in [3.05, 3.63) is 30.5 Å². The summed E-state index contributed by atoms with van der Waals surface area (Å²) in [5.74, 6) is -0.786. The molecule has 0 saturated heterocycles. The lowest BCUT2D eigenvalue weighted by molar-refractivity contribution is 0.583. The predicted molar refractivity (Wildman–Crippen MR) is 67.3 cm³/mol. The Kier molecular flexibility index (Phi) is 3.38. The topological polar surface area (TPSA) is 103 Å². The first-order valence-corrected chi connectivity index (χ1v) is 6.88. The minimum atomic E-state index is -3.87. The van der Waals surface area contributed by atoms with Gasteiger partial charge in [-0.3, -0.25) is 9.40 Å². The molecule has 0 radical (unpaired) electrons. The monoisotopic (exact) mass is 285 g/mol. The van der Waals surface area contributed by atoms with Crippen LogP contribution < -0.4 is 10.5 Å². The second kappa shape index (κ2) is 4.84. The molecule has 9 heteroatoms. The van der Waals surface area contributed by atoms with E-state index in [-0.39, 0.29) is 16.4 Å². The SMILES string of the molecule is CCn1cc(S(=O)(=O)Nc2ccc(F)nc2)c(N)n1. The molecule has 0 aliphatic carbocycles. The number of hydrogen-bond acceptors (Lipinski definition) is 5. The molecule has 2 aromatic rings. The van der Waals surface area contributed by atoms with E-state index in [1.54, 1.807) is 6.92 Å². The van der Waals surface area contributed by atoms with E-state index in [1.807, 2.05) is 0 Å². The second-order valence-electron chi connectivity index (χ2n) is 3.71. The Morgan fingerprint density at radius 3 is 2.74 bits per heavy atom. The fraction of sp³-hybridized carbons (Fsp3) is 0.200. The number of anilines is 2. The van der Waals surface area contributed by atoms with Gasteiger partial charge < -0.3 is 5.73 Å². The fourth-order valence-corrected chi connectivity index (χ4v) is 2.55. The van der Waals surface area contributed by atoms with Gasteiger partial charge in [0.15, 0.2) is 5.82 Å². The van der Waals surface area contributed by atoms with E-state index in [9.17, 15) is 12.8 Å². The van der Waals surface area contributed by atoms with E-state index in [2.05, 4.69) is 14.8 Å². The highest BCUT2D eigenvalue weighted by atomic mass is 32.2. The number of nitrogen functional groups attached to an aromatic ring is 1. The van der Waals surface area contributed by atoms with E-state index in [4.69, 9.17) is 5.73 Å². The normalized spacial score (nSPS) is 11.5. The van der Waals surface area contributed by atoms with Crippen LogP contribution in [0.15, 0.2) is 29.4 Å². The van der Waals surface area contributed by atoms with Gasteiger partial charge in [-0.1, -0.05) is 0 Å². The summed E-state index contributed by atoms with van der Waals surface area (Å²) in [6.07, 6.45) is 2.40. The zero-order valence-electron chi connectivity index (χ0n) is 10.0. The van der Waals surface area contributed by atoms with Gasteiger partial charge in [0.05, 0.1) is 11.9 Å². The van der Waals surface area contributed by atoms with E-state index in [0.717, 1.165) is 12.3 Å². The number of rotatable bonds is 4. The van der Waals surface area contributed by atoms with Crippen molar-refractivity contribution in [3.8, 4) is 0 Å². The fourth-order valence-electron chi connectivity index (χ4n) is 1.43. The van der Waals surface area contributed by atoms with Crippen LogP contribution in [0.3, 0.4) is 0 Å². The largest absolute Gasteiger partial charge is 0.381 e. The van der Waals surface area contributed by atoms with Crippen molar-refractivity contribution in [2.45, 2.75) is 18.4 Å². The molecular formula is C10H12FN5O2S. The molecule has 2 aromatic heterocycles. The summed E-state index contributed by atoms with van der Waals surface area (Å²) < 4.78 is 40.4. The predicted octanol–water partition coefficient (Wildman–Crippen LogP) is 0.820. The van der Waals surface area contributed by atoms with Crippen LogP contribution in [0.1, 0.15) is 6.92 Å². The van der Waals surface area contributed by atoms with Gasteiger partial charge in [-0.2, -0.15) is 9.49 Å². The van der Waals surface area contributed by atoms with Crippen molar-refractivity contribution < 1.29 is 12.8 Å². The molecule has 0 unspecified atom stereocenters. The first-order chi connectivity index (χ1) is 8.92. The summed E-state index contributed by atoms with van der Waals surface area (Å²) >= 11 is 0. The van der Waals surface area contributed by atoms with Gasteiger partial charge in [-0.05, 0) is 19.1 Å². The highest BCUT2D eigenvalue weighted by molar-refractivity contribution is 7.92. The Hall–Kier alpha value is -2.16. The zero-order valence-corrected chi connectivity index (χ0v) is 10.9. The highest BCUT2D eigenvalue weighted by Crippen LogP contribution is 2.19. The quantitative estimate of drug-likeness (QED) is 0.809. The Bertz CT molecular complexity index is 680. The minimum Gasteiger partial charge on any atom is -0.381 e. The number of sulfonamides is 1. The van der Waals surface area contributed by atoms with Gasteiger partial charge in [0.1, 0.15) is 4.90 Å². The molecule has 0 aromatic carbocycles. The van der Waals surface area contributed by atoms with Gasteiger partial charge in [-0.15, -0.1) is 0 Å². The van der Waals surface area contributed by atoms with Crippen molar-refractivity contribution in [3.63, 3.8) is 0 Å². The molecule has 0 aliphatic heterocycles. The molecule has 0 fully saturated rings. The average Bonchev–Trinajstić information content (AvgIpc) is 2.74. The molecule has 0 aliphatic rings. The first-order valence-electron chi connectivity index (χ1n) is 5.39. The Morgan fingerprint density at radius 2 is 2.21 bits per heavy atom. The third-order valence-electron chi connectivity index (χ3n) is 2.35. The molecule has 0 bridgehead atoms. The van der Waals surface area contributed by atoms with E-state index >= 15 is 0 Å². The number of pyridine rings is 1. The third kappa shape index (κ3) is 2.81. The molecule has 0 spiro atoms. The number of aryl methyl sites for hydroxylation is 1. The molecule has 2 heterocycles. The first kappa shape index (κ1) is 13.3. The van der Waals surface area contributed by atoms with Gasteiger partial charge in [-0.25, -0.2) is 13.4 Å². The van der Waals surface area contributed by atoms with Crippen molar-refractivity contribution in [2.75, 3.05) is 10.5 Å². The standard InChI is InChI=1S/C10H12FN5O2S/c1-2-16-6-8(10(12)14-16)19(17,18)15-7-3-4-9(11)13-5-7/h3-6,15H,2H2,1H3,(H2,12,14). The number of halogens is 1. The maximum atomic E-state index is 12.6. The van der Waals surface area contributed by atoms with Crippen LogP contribution in [0.2, 0.25) is 0 Å². The van der Waals surface area contributed by atoms with Crippen LogP contribution in [0.5, 0.6) is 0 Å². The summed E-state index contributed by atoms with van der Waals surface area (Å²) in [6, 6.07) is 2.32. The lowest BCUT2D eigenvalue weighted by Gasteiger charge is -2.05. The maximum Gasteiger partial charge on any atom is 0.267 e. The number of hydrogen-bond donors (Lipinski definition) is 2. The Labute approximate surface area is 109 Å². The summed E-state index contributed by atoms with van der Waals surface area (Å²) in [6.45, 7) is 2.30. The van der Waals surface area contributed by atoms with Crippen molar-refractivity contribution >= 4 is 21.5 Å². The third-order valence-corrected chi connectivity index (χ3v) is 3.75. The van der Waals surface area contributed by atoms with E-state index < -0.39 is 16.0 Å². The van der Waals surface area contributed by atoms with Crippen LogP contribution >= 0.6 is 0 Å². The second-order valence-corrected chi connectivity index (χ2v) is 5.36. The van der Waals surface area contributed by atoms with Crippen molar-refractivity contribution in [1.82, 2.24) is 14.8 Å². The number of nitrogens with one attached hydrogen (secondary N) is 1. The van der Waals surface area contributed by atoms with Gasteiger partial charge in [0.2, 0.25) is 5.95 Å². The van der Waals surface area contributed by atoms with E-state index in [0.29, 0.717) is 6.54 Å². The van der Waals surface area contributed by atoms with Crippen LogP contribution in [0.4, 0.5) is 15.9 Å². The molecule has 2 rings (SSSR count). The summed E-state index contributed by atoms with van der Waals surface area (Å²) in [5.41, 5.74) is 5.70. The van der Waals surface area contributed by atoms with Crippen LogP contribution in [-0.2, 0) is 16.6 Å². The number of nitrogens with zero attached hydrogens (tertiary/aromatic N) is 3. The molecule has 7 nitrogen and oxygen atoms in total. The molecule has 102 valence electrons. The van der Waals surface area contributed by atoms with Crippen LogP contribution in [-0.4, -0.2) is 23.2 Å². The smallest absolute Gasteiger partial charge is 0.267 e. The van der Waals surface area contributed by atoms with Gasteiger partial charge in [0, 0.05) is 12.7 Å². The Balaban J connectivity index is 2.31. The van der Waals surface area contributed by atoms with Crippen LogP contribution in [0, 0.1) is 5.95 Å². The minimum absolute atomic E-state index is 0.0931. The molecule has 3 N–H and O–H groups in total. The summed E-state index contributed by atoms with van der Waals surface area (Å²) in [5, 5.41) is 3.85. The van der Waals surface area contributed by atoms with Gasteiger partial charge >= 0.3 is 0 Å². The molecule has 19 heavy (non-hydrogen) atoms. The highest BCUT2D eigenvalue weighted by Gasteiger charge is 2.21. The van der Waals surface area contributed by atoms with E-state index in [1.165, 1.54) is 16.9 Å². The summed E-state index contributed by atoms with van der Waals surface area (Å²) in [7, 11) is -3.87. The molecular weight excluding hydrogens is 273 g/mol. The Morgan fingerprint density at radius 1 is 1.47 bits per heavy atom. The van der Waals surface area contributed by atoms with Crippen molar-refractivity contribution in [1.29, 1.82) is 0 Å². The van der Waals surface area contributed by atoms with Crippen molar-refractivity contribution in [2.24, 2.45) is 0 Å². The van der Waals surface area contributed by atoms with Crippen LogP contribution in [0.25, 0.3) is 0 Å². The molecule has 0 amide bonds. The maximum absolute atomic E-state index is 12.6. The lowest BCUT2D eigenvalue weighted by atomic mass is 10.4. The lowest BCUT2D eigenvalue weighted by Crippen LogP contribution is -2.14. The average molecular weight is 285 g/mol.